The Morgan fingerprint density at radius 3 is 2.69 bits per heavy atom. The predicted octanol–water partition coefficient (Wildman–Crippen LogP) is 2.98. The average Bonchev–Trinajstić information content (AvgIpc) is 3.27. The number of alkyl halides is 3. The quantitative estimate of drug-likeness (QED) is 0.420. The minimum atomic E-state index is -4.66. The fraction of sp³-hybridized carbons (Fsp3) is 0.300. The third-order valence-corrected chi connectivity index (χ3v) is 6.28. The first-order chi connectivity index (χ1) is 16.5. The zero-order valence-electron chi connectivity index (χ0n) is 18.2. The zero-order valence-corrected chi connectivity index (χ0v) is 20.5. The van der Waals surface area contributed by atoms with Crippen LogP contribution in [-0.2, 0) is 17.5 Å². The molecule has 1 aliphatic rings. The fourth-order valence-corrected chi connectivity index (χ4v) is 4.28. The molecule has 0 fully saturated rings. The van der Waals surface area contributed by atoms with Gasteiger partial charge in [-0.3, -0.25) is 9.59 Å². The van der Waals surface area contributed by atoms with E-state index < -0.39 is 28.6 Å². The normalized spacial score (nSPS) is 14.0. The number of benzene rings is 1. The summed E-state index contributed by atoms with van der Waals surface area (Å²) in [4.78, 5) is 35.2. The lowest BCUT2D eigenvalue weighted by atomic mass is 10.2. The van der Waals surface area contributed by atoms with Crippen molar-refractivity contribution in [2.45, 2.75) is 12.7 Å². The van der Waals surface area contributed by atoms with Crippen molar-refractivity contribution in [1.29, 1.82) is 0 Å². The summed E-state index contributed by atoms with van der Waals surface area (Å²) in [5.74, 6) is -0.758. The summed E-state index contributed by atoms with van der Waals surface area (Å²) in [7, 11) is 1.66. The van der Waals surface area contributed by atoms with Crippen LogP contribution in [0.4, 0.5) is 18.9 Å². The second kappa shape index (κ2) is 11.2. The predicted molar refractivity (Wildman–Crippen MR) is 128 cm³/mol. The van der Waals surface area contributed by atoms with Crippen LogP contribution in [-0.4, -0.2) is 54.3 Å². The summed E-state index contributed by atoms with van der Waals surface area (Å²) in [6.45, 7) is 1.02. The summed E-state index contributed by atoms with van der Waals surface area (Å²) >= 11 is 12.9. The van der Waals surface area contributed by atoms with Crippen molar-refractivity contribution >= 4 is 57.9 Å². The molecule has 5 N–H and O–H groups in total. The van der Waals surface area contributed by atoms with Gasteiger partial charge in [0.05, 0.1) is 23.3 Å². The molecule has 0 saturated heterocycles. The Morgan fingerprint density at radius 2 is 2.00 bits per heavy atom. The van der Waals surface area contributed by atoms with E-state index in [0.29, 0.717) is 23.9 Å². The maximum absolute atomic E-state index is 13.0. The van der Waals surface area contributed by atoms with Gasteiger partial charge in [0, 0.05) is 25.8 Å². The first kappa shape index (κ1) is 26.7. The number of likely N-dealkylation sites (N-methyl/N-ethyl adjacent to an activating group) is 1. The van der Waals surface area contributed by atoms with Gasteiger partial charge >= 0.3 is 6.18 Å². The molecular weight excluding hydrogens is 530 g/mol. The largest absolute Gasteiger partial charge is 0.417 e. The highest BCUT2D eigenvalue weighted by molar-refractivity contribution is 7.13. The lowest BCUT2D eigenvalue weighted by Gasteiger charge is -2.26. The Bertz CT molecular complexity index is 1180. The molecule has 0 spiro atoms. The number of carbonyl (C=O) groups excluding carboxylic acids is 2. The van der Waals surface area contributed by atoms with Crippen LogP contribution in [0.15, 0.2) is 40.1 Å². The van der Waals surface area contributed by atoms with Crippen LogP contribution in [0, 0.1) is 0 Å². The molecule has 1 aliphatic heterocycles. The number of anilines is 1. The van der Waals surface area contributed by atoms with Crippen molar-refractivity contribution in [1.82, 2.24) is 20.5 Å². The highest BCUT2D eigenvalue weighted by Gasteiger charge is 2.33. The molecule has 0 unspecified atom stereocenters. The van der Waals surface area contributed by atoms with Gasteiger partial charge in [-0.05, 0) is 18.2 Å². The smallest absolute Gasteiger partial charge is 0.368 e. The topological polar surface area (TPSA) is 125 Å². The summed E-state index contributed by atoms with van der Waals surface area (Å²) in [5, 5.41) is 8.10. The van der Waals surface area contributed by atoms with Gasteiger partial charge in [-0.1, -0.05) is 23.2 Å². The van der Waals surface area contributed by atoms with Gasteiger partial charge in [-0.15, -0.1) is 11.3 Å². The Kier molecular flexibility index (Phi) is 8.59. The monoisotopic (exact) mass is 549 g/mol. The number of nitrogens with zero attached hydrogens (tertiary/aromatic N) is 3. The first-order valence-corrected chi connectivity index (χ1v) is 11.6. The van der Waals surface area contributed by atoms with Crippen LogP contribution < -0.4 is 21.7 Å². The van der Waals surface area contributed by atoms with Crippen LogP contribution in [0.25, 0.3) is 0 Å². The standard InChI is InChI=1S/C20H20Cl2F3N7O2S/c1-32-9-30-17(27-5-4-26)15(22)16(32)19(34)29-8-14-28-7-13(35-14)18(33)31-10-2-3-12(21)11(6-10)20(23,24)25/h2-3,6-7H,4-5,8-9,26H2,1H3,(H,27,30)(H,29,34)(H,31,33). The van der Waals surface area contributed by atoms with E-state index in [0.717, 1.165) is 23.5 Å². The number of carbonyl (C=O) groups is 2. The number of thiazole rings is 1. The number of amidine groups is 1. The number of rotatable bonds is 7. The Morgan fingerprint density at radius 1 is 1.26 bits per heavy atom. The van der Waals surface area contributed by atoms with Crippen LogP contribution in [0.3, 0.4) is 0 Å². The van der Waals surface area contributed by atoms with Crippen LogP contribution in [0.5, 0.6) is 0 Å². The van der Waals surface area contributed by atoms with Gasteiger partial charge in [0.2, 0.25) is 0 Å². The molecule has 0 aliphatic carbocycles. The molecule has 9 nitrogen and oxygen atoms in total. The van der Waals surface area contributed by atoms with Gasteiger partial charge < -0.3 is 26.6 Å². The Hall–Kier alpha value is -2.87. The molecule has 0 saturated carbocycles. The number of hydrogen-bond donors (Lipinski definition) is 4. The lowest BCUT2D eigenvalue weighted by Crippen LogP contribution is -2.40. The van der Waals surface area contributed by atoms with Gasteiger partial charge in [-0.25, -0.2) is 9.98 Å². The second-order valence-electron chi connectivity index (χ2n) is 7.17. The molecule has 3 rings (SSSR count). The highest BCUT2D eigenvalue weighted by atomic mass is 35.5. The van der Waals surface area contributed by atoms with E-state index >= 15 is 0 Å². The highest BCUT2D eigenvalue weighted by Crippen LogP contribution is 2.36. The third-order valence-electron chi connectivity index (χ3n) is 4.60. The molecule has 15 heteroatoms. The molecule has 2 heterocycles. The molecule has 1 aromatic carbocycles. The fourth-order valence-electron chi connectivity index (χ4n) is 2.94. The molecule has 188 valence electrons. The minimum Gasteiger partial charge on any atom is -0.368 e. The number of amides is 2. The molecule has 2 aromatic rings. The third kappa shape index (κ3) is 6.63. The average molecular weight is 550 g/mol. The van der Waals surface area contributed by atoms with Gasteiger partial charge in [-0.2, -0.15) is 13.2 Å². The Labute approximate surface area is 212 Å². The lowest BCUT2D eigenvalue weighted by molar-refractivity contribution is -0.137. The zero-order chi connectivity index (χ0) is 25.8. The summed E-state index contributed by atoms with van der Waals surface area (Å²) < 4.78 is 39.1. The number of aliphatic imine (C=N–C) groups is 1. The van der Waals surface area contributed by atoms with E-state index in [1.54, 1.807) is 11.9 Å². The number of nitrogens with one attached hydrogen (secondary N) is 3. The van der Waals surface area contributed by atoms with Gasteiger partial charge in [0.25, 0.3) is 11.8 Å². The molecule has 0 bridgehead atoms. The van der Waals surface area contributed by atoms with Crippen molar-refractivity contribution in [2.75, 3.05) is 32.1 Å². The van der Waals surface area contributed by atoms with Crippen LogP contribution >= 0.6 is 34.5 Å². The van der Waals surface area contributed by atoms with E-state index in [2.05, 4.69) is 25.9 Å². The molecule has 0 radical (unpaired) electrons. The van der Waals surface area contributed by atoms with E-state index in [-0.39, 0.29) is 34.5 Å². The molecule has 2 amide bonds. The molecular formula is C20H20Cl2F3N7O2S. The van der Waals surface area contributed by atoms with E-state index in [1.807, 2.05) is 0 Å². The number of aromatic nitrogens is 1. The van der Waals surface area contributed by atoms with Gasteiger partial charge in [0.15, 0.2) is 0 Å². The maximum atomic E-state index is 13.0. The van der Waals surface area contributed by atoms with Crippen molar-refractivity contribution < 1.29 is 22.8 Å². The number of halogens is 5. The number of hydrogen-bond acceptors (Lipinski definition) is 8. The summed E-state index contributed by atoms with van der Waals surface area (Å²) in [6, 6.07) is 3.06. The van der Waals surface area contributed by atoms with E-state index in [9.17, 15) is 22.8 Å². The van der Waals surface area contributed by atoms with E-state index in [1.165, 1.54) is 12.3 Å². The van der Waals surface area contributed by atoms with Crippen molar-refractivity contribution in [3.8, 4) is 0 Å². The molecule has 35 heavy (non-hydrogen) atoms. The van der Waals surface area contributed by atoms with Crippen LogP contribution in [0.2, 0.25) is 5.02 Å². The molecule has 1 aromatic heterocycles. The summed E-state index contributed by atoms with van der Waals surface area (Å²) in [6.07, 6.45) is -3.39. The number of nitrogens with two attached hydrogens (primary N) is 1. The minimum absolute atomic E-state index is 0.000159. The van der Waals surface area contributed by atoms with E-state index in [4.69, 9.17) is 28.9 Å². The Balaban J connectivity index is 1.64. The van der Waals surface area contributed by atoms with Crippen molar-refractivity contribution in [3.63, 3.8) is 0 Å². The van der Waals surface area contributed by atoms with Crippen molar-refractivity contribution in [3.05, 3.63) is 55.6 Å². The molecule has 0 atom stereocenters. The van der Waals surface area contributed by atoms with Crippen molar-refractivity contribution in [2.24, 2.45) is 10.7 Å². The summed E-state index contributed by atoms with van der Waals surface area (Å²) in [5.41, 5.74) is 4.55. The second-order valence-corrected chi connectivity index (χ2v) is 9.07. The first-order valence-electron chi connectivity index (χ1n) is 10.0. The van der Waals surface area contributed by atoms with Crippen LogP contribution in [0.1, 0.15) is 20.2 Å². The SMILES string of the molecule is CN1CN=C(NCCN)C(Cl)=C1C(=O)NCc1ncc(C(=O)Nc2ccc(Cl)c(C(F)(F)F)c2)s1. The van der Waals surface area contributed by atoms with Gasteiger partial charge in [0.1, 0.15) is 33.1 Å². The maximum Gasteiger partial charge on any atom is 0.417 e.